The van der Waals surface area contributed by atoms with Gasteiger partial charge in [0, 0.05) is 12.8 Å². The third-order valence-electron chi connectivity index (χ3n) is 2.03. The molecule has 1 amide bonds. The molecule has 0 radical (unpaired) electrons. The van der Waals surface area contributed by atoms with Crippen molar-refractivity contribution >= 4 is 11.9 Å². The normalized spacial score (nSPS) is 12.1. The molecule has 1 atom stereocenters. The summed E-state index contributed by atoms with van der Waals surface area (Å²) in [5.74, 6) is -2.36. The first kappa shape index (κ1) is 12.2. The molecule has 1 aromatic heterocycles. The third-order valence-corrected chi connectivity index (χ3v) is 2.03. The molecule has 0 aromatic carbocycles. The molecule has 0 aliphatic rings. The topological polar surface area (TPSA) is 95.1 Å². The lowest BCUT2D eigenvalue weighted by Crippen LogP contribution is -2.42. The number of carboxylic acid groups (broad SMARTS) is 1. The molecular weight excluding hydrogens is 217 g/mol. The molecule has 1 heterocycles. The number of amides is 1. The van der Waals surface area contributed by atoms with Crippen molar-refractivity contribution in [1.29, 1.82) is 0 Å². The monoisotopic (exact) mass is 229 g/mol. The zero-order valence-electron chi connectivity index (χ0n) is 8.66. The molecule has 88 valence electrons. The summed E-state index contributed by atoms with van der Waals surface area (Å²) >= 11 is 0. The predicted molar refractivity (Wildman–Crippen MR) is 52.1 cm³/mol. The second-order valence-electron chi connectivity index (χ2n) is 3.19. The molecule has 0 spiro atoms. The van der Waals surface area contributed by atoms with Crippen LogP contribution in [0.1, 0.15) is 19.0 Å². The number of carboxylic acids is 1. The highest BCUT2D eigenvalue weighted by molar-refractivity contribution is 5.83. The molecule has 1 aromatic rings. The number of H-pyrrole nitrogens is 1. The van der Waals surface area contributed by atoms with Crippen LogP contribution in [-0.4, -0.2) is 33.0 Å². The van der Waals surface area contributed by atoms with E-state index in [1.165, 1.54) is 0 Å². The first-order chi connectivity index (χ1) is 7.54. The number of halogens is 1. The second kappa shape index (κ2) is 5.24. The standard InChI is InChI=1S/C9H12FN3O3/c1-2-7(14)13-6(9(15)16)3-5-8(10)12-4-11-5/h4,6H,2-3H2,1H3,(H,11,12)(H,13,14)(H,15,16). The van der Waals surface area contributed by atoms with Crippen LogP contribution in [0.3, 0.4) is 0 Å². The van der Waals surface area contributed by atoms with Gasteiger partial charge in [-0.05, 0) is 0 Å². The Balaban J connectivity index is 2.69. The quantitative estimate of drug-likeness (QED) is 0.665. The minimum atomic E-state index is -1.21. The number of hydrogen-bond acceptors (Lipinski definition) is 3. The van der Waals surface area contributed by atoms with Gasteiger partial charge in [0.1, 0.15) is 6.04 Å². The van der Waals surface area contributed by atoms with Crippen LogP contribution in [0.15, 0.2) is 6.33 Å². The number of rotatable bonds is 5. The summed E-state index contributed by atoms with van der Waals surface area (Å²) in [4.78, 5) is 27.6. The highest BCUT2D eigenvalue weighted by atomic mass is 19.1. The van der Waals surface area contributed by atoms with Crippen LogP contribution in [0, 0.1) is 5.95 Å². The van der Waals surface area contributed by atoms with Crippen molar-refractivity contribution in [2.24, 2.45) is 0 Å². The molecule has 6 nitrogen and oxygen atoms in total. The van der Waals surface area contributed by atoms with Gasteiger partial charge in [-0.3, -0.25) is 4.79 Å². The molecule has 16 heavy (non-hydrogen) atoms. The number of imidazole rings is 1. The van der Waals surface area contributed by atoms with Crippen LogP contribution in [0.25, 0.3) is 0 Å². The number of carbonyl (C=O) groups is 2. The molecule has 7 heteroatoms. The van der Waals surface area contributed by atoms with Crippen molar-refractivity contribution in [3.8, 4) is 0 Å². The Morgan fingerprint density at radius 1 is 1.69 bits per heavy atom. The molecule has 0 saturated heterocycles. The number of nitrogens with one attached hydrogen (secondary N) is 2. The Morgan fingerprint density at radius 2 is 2.38 bits per heavy atom. The molecule has 0 bridgehead atoms. The van der Waals surface area contributed by atoms with E-state index in [1.54, 1.807) is 6.92 Å². The minimum Gasteiger partial charge on any atom is -0.480 e. The highest BCUT2D eigenvalue weighted by Gasteiger charge is 2.22. The third kappa shape index (κ3) is 3.04. The maximum absolute atomic E-state index is 12.9. The lowest BCUT2D eigenvalue weighted by Gasteiger charge is -2.12. The van der Waals surface area contributed by atoms with E-state index in [4.69, 9.17) is 5.11 Å². The van der Waals surface area contributed by atoms with Gasteiger partial charge in [0.25, 0.3) is 0 Å². The average molecular weight is 229 g/mol. The lowest BCUT2D eigenvalue weighted by atomic mass is 10.1. The average Bonchev–Trinajstić information content (AvgIpc) is 2.63. The maximum Gasteiger partial charge on any atom is 0.326 e. The van der Waals surface area contributed by atoms with Crippen LogP contribution in [0.4, 0.5) is 4.39 Å². The van der Waals surface area contributed by atoms with E-state index < -0.39 is 23.9 Å². The van der Waals surface area contributed by atoms with Crippen molar-refractivity contribution < 1.29 is 19.1 Å². The van der Waals surface area contributed by atoms with Gasteiger partial charge >= 0.3 is 5.97 Å². The summed E-state index contributed by atoms with van der Waals surface area (Å²) in [5.41, 5.74) is 0.0591. The number of aromatic nitrogens is 2. The fourth-order valence-corrected chi connectivity index (χ4v) is 1.15. The molecular formula is C9H12FN3O3. The van der Waals surface area contributed by atoms with Crippen LogP contribution >= 0.6 is 0 Å². The van der Waals surface area contributed by atoms with E-state index in [1.807, 2.05) is 0 Å². The van der Waals surface area contributed by atoms with Crippen molar-refractivity contribution in [2.45, 2.75) is 25.8 Å². The molecule has 1 unspecified atom stereocenters. The smallest absolute Gasteiger partial charge is 0.326 e. The van der Waals surface area contributed by atoms with Gasteiger partial charge in [-0.25, -0.2) is 9.78 Å². The fraction of sp³-hybridized carbons (Fsp3) is 0.444. The van der Waals surface area contributed by atoms with E-state index in [9.17, 15) is 14.0 Å². The molecule has 3 N–H and O–H groups in total. The van der Waals surface area contributed by atoms with Gasteiger partial charge in [0.2, 0.25) is 11.9 Å². The second-order valence-corrected chi connectivity index (χ2v) is 3.19. The van der Waals surface area contributed by atoms with E-state index in [0.29, 0.717) is 0 Å². The summed E-state index contributed by atoms with van der Waals surface area (Å²) < 4.78 is 12.9. The number of aromatic amines is 1. The Morgan fingerprint density at radius 3 is 2.81 bits per heavy atom. The highest BCUT2D eigenvalue weighted by Crippen LogP contribution is 2.04. The van der Waals surface area contributed by atoms with Crippen molar-refractivity contribution in [1.82, 2.24) is 15.3 Å². The molecule has 1 rings (SSSR count). The zero-order chi connectivity index (χ0) is 12.1. The maximum atomic E-state index is 12.9. The van der Waals surface area contributed by atoms with Gasteiger partial charge in [-0.15, -0.1) is 0 Å². The molecule has 0 aliphatic heterocycles. The van der Waals surface area contributed by atoms with Crippen molar-refractivity contribution in [3.63, 3.8) is 0 Å². The zero-order valence-corrected chi connectivity index (χ0v) is 8.66. The molecule has 0 saturated carbocycles. The summed E-state index contributed by atoms with van der Waals surface area (Å²) in [6.45, 7) is 1.60. The van der Waals surface area contributed by atoms with Gasteiger partial charge in [0.05, 0.1) is 12.0 Å². The van der Waals surface area contributed by atoms with Gasteiger partial charge in [0.15, 0.2) is 0 Å². The van der Waals surface area contributed by atoms with Crippen molar-refractivity contribution in [3.05, 3.63) is 18.0 Å². The largest absolute Gasteiger partial charge is 0.480 e. The van der Waals surface area contributed by atoms with E-state index in [0.717, 1.165) is 6.33 Å². The van der Waals surface area contributed by atoms with Crippen molar-refractivity contribution in [2.75, 3.05) is 0 Å². The van der Waals surface area contributed by atoms with Crippen LogP contribution < -0.4 is 5.32 Å². The fourth-order valence-electron chi connectivity index (χ4n) is 1.15. The van der Waals surface area contributed by atoms with Gasteiger partial charge < -0.3 is 15.4 Å². The Kier molecular flexibility index (Phi) is 3.98. The Labute approximate surface area is 90.9 Å². The van der Waals surface area contributed by atoms with E-state index >= 15 is 0 Å². The first-order valence-corrected chi connectivity index (χ1v) is 4.74. The van der Waals surface area contributed by atoms with Gasteiger partial charge in [-0.2, -0.15) is 4.39 Å². The molecule has 0 fully saturated rings. The minimum absolute atomic E-state index is 0.0591. The Bertz CT molecular complexity index is 391. The predicted octanol–water partition coefficient (Wildman–Crippen LogP) is 0.0707. The summed E-state index contributed by atoms with van der Waals surface area (Å²) in [5, 5.41) is 11.1. The summed E-state index contributed by atoms with van der Waals surface area (Å²) in [7, 11) is 0. The Hall–Kier alpha value is -1.92. The number of nitrogens with zero attached hydrogens (tertiary/aromatic N) is 1. The number of carbonyl (C=O) groups excluding carboxylic acids is 1. The van der Waals surface area contributed by atoms with Crippen LogP contribution in [0.5, 0.6) is 0 Å². The van der Waals surface area contributed by atoms with Crippen LogP contribution in [0.2, 0.25) is 0 Å². The SMILES string of the molecule is CCC(=O)NC(Cc1[nH]cnc1F)C(=O)O. The lowest BCUT2D eigenvalue weighted by molar-refractivity contribution is -0.141. The summed E-state index contributed by atoms with van der Waals surface area (Å²) in [6.07, 6.45) is 1.15. The number of aliphatic carboxylic acids is 1. The number of hydrogen-bond donors (Lipinski definition) is 3. The van der Waals surface area contributed by atoms with Crippen LogP contribution in [-0.2, 0) is 16.0 Å². The summed E-state index contributed by atoms with van der Waals surface area (Å²) in [6, 6.07) is -1.15. The first-order valence-electron chi connectivity index (χ1n) is 4.74. The van der Waals surface area contributed by atoms with E-state index in [2.05, 4.69) is 15.3 Å². The van der Waals surface area contributed by atoms with Gasteiger partial charge in [-0.1, -0.05) is 6.92 Å². The van der Waals surface area contributed by atoms with E-state index in [-0.39, 0.29) is 18.5 Å². The molecule has 0 aliphatic carbocycles.